The third-order valence-corrected chi connectivity index (χ3v) is 6.34. The van der Waals surface area contributed by atoms with Crippen LogP contribution in [0.4, 0.5) is 4.39 Å². The van der Waals surface area contributed by atoms with Crippen LogP contribution in [0, 0.1) is 11.7 Å². The number of carbonyl (C=O) groups is 1. The normalized spacial score (nSPS) is 20.4. The van der Waals surface area contributed by atoms with Crippen LogP contribution in [0.5, 0.6) is 0 Å². The van der Waals surface area contributed by atoms with Crippen LogP contribution < -0.4 is 0 Å². The van der Waals surface area contributed by atoms with Crippen LogP contribution in [0.2, 0.25) is 0 Å². The van der Waals surface area contributed by atoms with Crippen molar-refractivity contribution in [3.05, 3.63) is 54.2 Å². The Morgan fingerprint density at radius 3 is 2.66 bits per heavy atom. The highest BCUT2D eigenvalue weighted by molar-refractivity contribution is 5.81. The fraction of sp³-hybridized carbons (Fsp3) is 0.417. The van der Waals surface area contributed by atoms with Gasteiger partial charge >= 0.3 is 0 Å². The highest BCUT2D eigenvalue weighted by Crippen LogP contribution is 2.37. The number of nitrogens with zero attached hydrogens (tertiary/aromatic N) is 2. The highest BCUT2D eigenvalue weighted by Gasteiger charge is 2.36. The Labute approximate surface area is 169 Å². The Hall–Kier alpha value is -2.69. The van der Waals surface area contributed by atoms with E-state index in [4.69, 9.17) is 9.40 Å². The van der Waals surface area contributed by atoms with Gasteiger partial charge in [0.2, 0.25) is 11.8 Å². The Kier molecular flexibility index (Phi) is 4.82. The molecule has 1 unspecified atom stereocenters. The minimum Gasteiger partial charge on any atom is -0.438 e. The number of amides is 1. The number of oxazole rings is 1. The van der Waals surface area contributed by atoms with Crippen molar-refractivity contribution >= 4 is 17.0 Å². The number of aromatic nitrogens is 1. The molecule has 1 saturated carbocycles. The fourth-order valence-corrected chi connectivity index (χ4v) is 4.81. The summed E-state index contributed by atoms with van der Waals surface area (Å²) >= 11 is 0. The lowest BCUT2D eigenvalue weighted by molar-refractivity contribution is -0.137. The lowest BCUT2D eigenvalue weighted by atomic mass is 9.88. The van der Waals surface area contributed by atoms with Gasteiger partial charge in [-0.05, 0) is 61.1 Å². The van der Waals surface area contributed by atoms with E-state index in [2.05, 4.69) is 0 Å². The summed E-state index contributed by atoms with van der Waals surface area (Å²) in [6.45, 7) is 0.785. The molecule has 2 heterocycles. The first-order chi connectivity index (χ1) is 14.2. The van der Waals surface area contributed by atoms with Crippen molar-refractivity contribution < 1.29 is 13.6 Å². The number of hydrogen-bond donors (Lipinski definition) is 0. The maximum absolute atomic E-state index is 13.6. The summed E-state index contributed by atoms with van der Waals surface area (Å²) in [4.78, 5) is 19.8. The summed E-state index contributed by atoms with van der Waals surface area (Å²) in [7, 11) is 0. The number of halogens is 1. The molecule has 2 aromatic carbocycles. The second-order valence-electron chi connectivity index (χ2n) is 8.27. The molecule has 1 aromatic heterocycles. The largest absolute Gasteiger partial charge is 0.438 e. The summed E-state index contributed by atoms with van der Waals surface area (Å²) in [6, 6.07) is 12.2. The van der Waals surface area contributed by atoms with Crippen molar-refractivity contribution in [3.63, 3.8) is 0 Å². The van der Waals surface area contributed by atoms with E-state index in [-0.39, 0.29) is 23.7 Å². The number of likely N-dealkylation sites (tertiary alicyclic amines) is 1. The first-order valence-corrected chi connectivity index (χ1v) is 10.7. The summed E-state index contributed by atoms with van der Waals surface area (Å²) in [6.07, 6.45) is 7.44. The second kappa shape index (κ2) is 7.62. The molecule has 1 aliphatic carbocycles. The molecule has 150 valence electrons. The molecule has 1 amide bonds. The van der Waals surface area contributed by atoms with Crippen molar-refractivity contribution in [1.82, 2.24) is 9.88 Å². The Morgan fingerprint density at radius 1 is 1.00 bits per heavy atom. The van der Waals surface area contributed by atoms with Crippen molar-refractivity contribution in [2.24, 2.45) is 5.92 Å². The number of hydrogen-bond acceptors (Lipinski definition) is 3. The van der Waals surface area contributed by atoms with Crippen LogP contribution in [0.1, 0.15) is 56.9 Å². The van der Waals surface area contributed by atoms with Crippen LogP contribution in [0.3, 0.4) is 0 Å². The quantitative estimate of drug-likeness (QED) is 0.559. The van der Waals surface area contributed by atoms with E-state index in [0.29, 0.717) is 11.5 Å². The topological polar surface area (TPSA) is 46.3 Å². The van der Waals surface area contributed by atoms with Crippen molar-refractivity contribution in [1.29, 1.82) is 0 Å². The number of fused-ring (bicyclic) bond motifs is 1. The van der Waals surface area contributed by atoms with E-state index in [1.165, 1.54) is 18.6 Å². The van der Waals surface area contributed by atoms with Gasteiger partial charge in [-0.15, -0.1) is 0 Å². The first kappa shape index (κ1) is 18.3. The second-order valence-corrected chi connectivity index (χ2v) is 8.27. The average molecular weight is 392 g/mol. The van der Waals surface area contributed by atoms with Crippen LogP contribution in [0.25, 0.3) is 22.2 Å². The van der Waals surface area contributed by atoms with Gasteiger partial charge in [-0.1, -0.05) is 37.5 Å². The predicted octanol–water partition coefficient (Wildman–Crippen LogP) is 5.88. The summed E-state index contributed by atoms with van der Waals surface area (Å²) in [5.74, 6) is 0.799. The molecular weight excluding hydrogens is 367 g/mol. The molecule has 3 aromatic rings. The standard InChI is InChI=1S/C24H25FN2O2/c25-19-9-4-8-17(14-19)18-11-12-22-20(15-18)26-23(29-22)21-10-5-13-27(21)24(28)16-6-2-1-3-7-16/h4,8-9,11-12,14-16,21H,1-3,5-7,10,13H2. The molecule has 5 rings (SSSR count). The minimum atomic E-state index is -0.258. The molecule has 1 aliphatic heterocycles. The van der Waals surface area contributed by atoms with Gasteiger partial charge in [0, 0.05) is 12.5 Å². The number of rotatable bonds is 3. The van der Waals surface area contributed by atoms with E-state index in [0.717, 1.165) is 61.7 Å². The van der Waals surface area contributed by atoms with E-state index >= 15 is 0 Å². The maximum Gasteiger partial charge on any atom is 0.226 e. The molecule has 1 atom stereocenters. The van der Waals surface area contributed by atoms with Gasteiger partial charge in [0.1, 0.15) is 17.4 Å². The predicted molar refractivity (Wildman–Crippen MR) is 110 cm³/mol. The average Bonchev–Trinajstić information content (AvgIpc) is 3.40. The summed E-state index contributed by atoms with van der Waals surface area (Å²) in [5, 5.41) is 0. The van der Waals surface area contributed by atoms with Gasteiger partial charge < -0.3 is 9.32 Å². The summed E-state index contributed by atoms with van der Waals surface area (Å²) in [5.41, 5.74) is 3.17. The summed E-state index contributed by atoms with van der Waals surface area (Å²) < 4.78 is 19.6. The molecule has 2 aliphatic rings. The number of carbonyl (C=O) groups excluding carboxylic acids is 1. The fourth-order valence-electron chi connectivity index (χ4n) is 4.81. The molecular formula is C24H25FN2O2. The van der Waals surface area contributed by atoms with E-state index < -0.39 is 0 Å². The van der Waals surface area contributed by atoms with Crippen LogP contribution >= 0.6 is 0 Å². The molecule has 4 nitrogen and oxygen atoms in total. The van der Waals surface area contributed by atoms with Gasteiger partial charge in [-0.3, -0.25) is 4.79 Å². The van der Waals surface area contributed by atoms with E-state index in [9.17, 15) is 9.18 Å². The van der Waals surface area contributed by atoms with Crippen LogP contribution in [-0.2, 0) is 4.79 Å². The molecule has 0 spiro atoms. The van der Waals surface area contributed by atoms with Crippen molar-refractivity contribution in [3.8, 4) is 11.1 Å². The maximum atomic E-state index is 13.6. The van der Waals surface area contributed by atoms with Gasteiger partial charge in [-0.2, -0.15) is 0 Å². The van der Waals surface area contributed by atoms with Gasteiger partial charge in [-0.25, -0.2) is 9.37 Å². The van der Waals surface area contributed by atoms with E-state index in [1.807, 2.05) is 29.2 Å². The third-order valence-electron chi connectivity index (χ3n) is 6.34. The van der Waals surface area contributed by atoms with Crippen LogP contribution in [-0.4, -0.2) is 22.3 Å². The molecule has 1 saturated heterocycles. The molecule has 0 radical (unpaired) electrons. The zero-order chi connectivity index (χ0) is 19.8. The van der Waals surface area contributed by atoms with Gasteiger partial charge in [0.15, 0.2) is 5.58 Å². The molecule has 29 heavy (non-hydrogen) atoms. The van der Waals surface area contributed by atoms with E-state index in [1.54, 1.807) is 6.07 Å². The van der Waals surface area contributed by atoms with Gasteiger partial charge in [0.05, 0.1) is 0 Å². The smallest absolute Gasteiger partial charge is 0.226 e. The van der Waals surface area contributed by atoms with Gasteiger partial charge in [0.25, 0.3) is 0 Å². The molecule has 0 N–H and O–H groups in total. The number of benzene rings is 2. The molecule has 5 heteroatoms. The monoisotopic (exact) mass is 392 g/mol. The lowest BCUT2D eigenvalue weighted by Gasteiger charge is -2.29. The zero-order valence-electron chi connectivity index (χ0n) is 16.4. The zero-order valence-corrected chi connectivity index (χ0v) is 16.4. The van der Waals surface area contributed by atoms with Crippen molar-refractivity contribution in [2.45, 2.75) is 51.0 Å². The minimum absolute atomic E-state index is 0.0746. The lowest BCUT2D eigenvalue weighted by Crippen LogP contribution is -2.36. The molecule has 2 fully saturated rings. The van der Waals surface area contributed by atoms with Crippen LogP contribution in [0.15, 0.2) is 46.9 Å². The molecule has 0 bridgehead atoms. The first-order valence-electron chi connectivity index (χ1n) is 10.7. The SMILES string of the molecule is O=C(C1CCCCC1)N1CCCC1c1nc2cc(-c3cccc(F)c3)ccc2o1. The Bertz CT molecular complexity index is 1040. The Morgan fingerprint density at radius 2 is 1.83 bits per heavy atom. The Balaban J connectivity index is 1.43. The van der Waals surface area contributed by atoms with Crippen molar-refractivity contribution in [2.75, 3.05) is 6.54 Å². The highest BCUT2D eigenvalue weighted by atomic mass is 19.1. The third kappa shape index (κ3) is 3.54.